The first-order valence-corrected chi connectivity index (χ1v) is 11.8. The lowest BCUT2D eigenvalue weighted by molar-refractivity contribution is -0.127. The van der Waals surface area contributed by atoms with Crippen molar-refractivity contribution in [1.29, 1.82) is 0 Å². The highest BCUT2D eigenvalue weighted by Crippen LogP contribution is 2.31. The van der Waals surface area contributed by atoms with Gasteiger partial charge in [0.25, 0.3) is 0 Å². The van der Waals surface area contributed by atoms with E-state index in [4.69, 9.17) is 0 Å². The summed E-state index contributed by atoms with van der Waals surface area (Å²) in [5, 5.41) is 3.23. The van der Waals surface area contributed by atoms with Gasteiger partial charge in [0.1, 0.15) is 0 Å². The maximum Gasteiger partial charge on any atom is 0.243 e. The summed E-state index contributed by atoms with van der Waals surface area (Å²) in [5.41, 5.74) is 2.39. The fourth-order valence-corrected chi connectivity index (χ4v) is 6.42. The molecule has 1 N–H and O–H groups in total. The zero-order chi connectivity index (χ0) is 19.1. The van der Waals surface area contributed by atoms with E-state index in [0.717, 1.165) is 32.1 Å². The Hall–Kier alpha value is -1.40. The van der Waals surface area contributed by atoms with E-state index in [1.165, 1.54) is 24.0 Å². The van der Waals surface area contributed by atoms with Gasteiger partial charge in [-0.25, -0.2) is 8.42 Å². The summed E-state index contributed by atoms with van der Waals surface area (Å²) in [4.78, 5) is 13.0. The first-order chi connectivity index (χ1) is 12.9. The van der Waals surface area contributed by atoms with Gasteiger partial charge in [-0.15, -0.1) is 0 Å². The monoisotopic (exact) mass is 390 g/mol. The van der Waals surface area contributed by atoms with Crippen LogP contribution in [0.2, 0.25) is 0 Å². The highest BCUT2D eigenvalue weighted by molar-refractivity contribution is 7.89. The van der Waals surface area contributed by atoms with Crippen molar-refractivity contribution in [3.8, 4) is 0 Å². The Bertz CT molecular complexity index is 820. The summed E-state index contributed by atoms with van der Waals surface area (Å²) in [6, 6.07) is 5.58. The summed E-state index contributed by atoms with van der Waals surface area (Å²) in [7, 11) is -3.47. The van der Waals surface area contributed by atoms with Crippen molar-refractivity contribution in [2.75, 3.05) is 13.1 Å². The predicted octanol–water partition coefficient (Wildman–Crippen LogP) is 3.02. The Kier molecular flexibility index (Phi) is 5.06. The minimum atomic E-state index is -3.47. The third kappa shape index (κ3) is 3.79. The molecule has 0 spiro atoms. The van der Waals surface area contributed by atoms with Gasteiger partial charge in [-0.1, -0.05) is 18.9 Å². The van der Waals surface area contributed by atoms with E-state index in [-0.39, 0.29) is 17.4 Å². The second-order valence-electron chi connectivity index (χ2n) is 8.72. The van der Waals surface area contributed by atoms with Crippen LogP contribution in [0, 0.1) is 5.92 Å². The Morgan fingerprint density at radius 3 is 2.44 bits per heavy atom. The number of rotatable bonds is 4. The number of carbonyl (C=O) groups is 1. The van der Waals surface area contributed by atoms with Crippen LogP contribution in [-0.4, -0.2) is 37.3 Å². The lowest BCUT2D eigenvalue weighted by atomic mass is 9.94. The molecular formula is C21H30N2O3S. The molecule has 1 heterocycles. The van der Waals surface area contributed by atoms with E-state index in [1.807, 2.05) is 12.1 Å². The molecule has 1 saturated carbocycles. The Morgan fingerprint density at radius 2 is 1.74 bits per heavy atom. The maximum absolute atomic E-state index is 13.0. The molecule has 1 aromatic carbocycles. The topological polar surface area (TPSA) is 66.5 Å². The van der Waals surface area contributed by atoms with E-state index >= 15 is 0 Å². The summed E-state index contributed by atoms with van der Waals surface area (Å²) >= 11 is 0. The molecule has 2 aliphatic carbocycles. The van der Waals surface area contributed by atoms with Gasteiger partial charge in [0.2, 0.25) is 15.9 Å². The van der Waals surface area contributed by atoms with E-state index in [1.54, 1.807) is 10.4 Å². The molecule has 27 heavy (non-hydrogen) atoms. The van der Waals surface area contributed by atoms with Crippen LogP contribution in [0.5, 0.6) is 0 Å². The van der Waals surface area contributed by atoms with Gasteiger partial charge in [0, 0.05) is 24.5 Å². The van der Waals surface area contributed by atoms with E-state index in [0.29, 0.717) is 30.8 Å². The number of hydrogen-bond acceptors (Lipinski definition) is 3. The number of nitrogens with one attached hydrogen (secondary N) is 1. The highest BCUT2D eigenvalue weighted by Gasteiger charge is 2.36. The molecule has 1 amide bonds. The minimum absolute atomic E-state index is 0.0648. The Labute approximate surface area is 162 Å². The number of hydrogen-bond donors (Lipinski definition) is 1. The number of nitrogens with zero attached hydrogens (tertiary/aromatic N) is 1. The van der Waals surface area contributed by atoms with E-state index in [9.17, 15) is 13.2 Å². The van der Waals surface area contributed by atoms with Crippen molar-refractivity contribution < 1.29 is 13.2 Å². The van der Waals surface area contributed by atoms with Crippen LogP contribution in [0.25, 0.3) is 0 Å². The molecule has 148 valence electrons. The first-order valence-electron chi connectivity index (χ1n) is 10.3. The lowest BCUT2D eigenvalue weighted by Gasteiger charge is -2.33. The number of piperidine rings is 1. The largest absolute Gasteiger partial charge is 0.351 e. The van der Waals surface area contributed by atoms with Crippen LogP contribution in [-0.2, 0) is 27.7 Å². The molecule has 3 aliphatic rings. The van der Waals surface area contributed by atoms with Crippen molar-refractivity contribution in [1.82, 2.24) is 9.62 Å². The fraction of sp³-hybridized carbons (Fsp3) is 0.667. The highest BCUT2D eigenvalue weighted by atomic mass is 32.2. The maximum atomic E-state index is 13.0. The molecule has 5 nitrogen and oxygen atoms in total. The average Bonchev–Trinajstić information content (AvgIpc) is 3.30. The summed E-state index contributed by atoms with van der Waals surface area (Å²) in [6.07, 6.45) is 8.78. The minimum Gasteiger partial charge on any atom is -0.351 e. The Balaban J connectivity index is 1.39. The van der Waals surface area contributed by atoms with Gasteiger partial charge < -0.3 is 5.32 Å². The van der Waals surface area contributed by atoms with Crippen LogP contribution in [0.4, 0.5) is 0 Å². The molecular weight excluding hydrogens is 360 g/mol. The third-order valence-electron chi connectivity index (χ3n) is 6.66. The van der Waals surface area contributed by atoms with Crippen molar-refractivity contribution >= 4 is 15.9 Å². The number of carbonyl (C=O) groups excluding carboxylic acids is 1. The summed E-state index contributed by atoms with van der Waals surface area (Å²) in [5.74, 6) is 0.0304. The molecule has 0 atom stereocenters. The molecule has 0 unspecified atom stereocenters. The van der Waals surface area contributed by atoms with Crippen LogP contribution >= 0.6 is 0 Å². The predicted molar refractivity (Wildman–Crippen MR) is 105 cm³/mol. The van der Waals surface area contributed by atoms with Crippen LogP contribution in [0.15, 0.2) is 23.1 Å². The van der Waals surface area contributed by atoms with Crippen molar-refractivity contribution in [2.45, 2.75) is 75.1 Å². The molecule has 0 radical (unpaired) electrons. The fourth-order valence-electron chi connectivity index (χ4n) is 4.90. The zero-order valence-corrected chi connectivity index (χ0v) is 17.0. The molecule has 6 heteroatoms. The van der Waals surface area contributed by atoms with Crippen molar-refractivity contribution in [3.05, 3.63) is 29.3 Å². The van der Waals surface area contributed by atoms with Crippen LogP contribution in [0.1, 0.15) is 63.0 Å². The van der Waals surface area contributed by atoms with Gasteiger partial charge in [0.05, 0.1) is 4.90 Å². The molecule has 1 aromatic rings. The van der Waals surface area contributed by atoms with Gasteiger partial charge in [0.15, 0.2) is 0 Å². The quantitative estimate of drug-likeness (QED) is 0.859. The molecule has 0 bridgehead atoms. The first kappa shape index (κ1) is 18.9. The second-order valence-corrected chi connectivity index (χ2v) is 10.7. The number of amides is 1. The van der Waals surface area contributed by atoms with Crippen molar-refractivity contribution in [3.63, 3.8) is 0 Å². The SMILES string of the molecule is CC1(NC(=O)C2CCN(S(=O)(=O)c3ccc4c(c3)CCC4)CC2)CCCC1. The van der Waals surface area contributed by atoms with Gasteiger partial charge >= 0.3 is 0 Å². The molecule has 0 aromatic heterocycles. The standard InChI is InChI=1S/C21H30N2O3S/c1-21(11-2-3-12-21)22-20(24)17-9-13-23(14-10-17)27(25,26)19-8-7-16-5-4-6-18(16)15-19/h7-8,15,17H,2-6,9-14H2,1H3,(H,22,24). The molecule has 1 aliphatic heterocycles. The number of sulfonamides is 1. The smallest absolute Gasteiger partial charge is 0.243 e. The molecule has 4 rings (SSSR count). The van der Waals surface area contributed by atoms with Gasteiger partial charge in [-0.2, -0.15) is 4.31 Å². The lowest BCUT2D eigenvalue weighted by Crippen LogP contribution is -2.49. The number of benzene rings is 1. The van der Waals surface area contributed by atoms with Crippen LogP contribution in [0.3, 0.4) is 0 Å². The van der Waals surface area contributed by atoms with E-state index < -0.39 is 10.0 Å². The summed E-state index contributed by atoms with van der Waals surface area (Å²) < 4.78 is 27.6. The zero-order valence-electron chi connectivity index (χ0n) is 16.2. The Morgan fingerprint density at radius 1 is 1.07 bits per heavy atom. The normalized spacial score (nSPS) is 23.3. The third-order valence-corrected chi connectivity index (χ3v) is 8.56. The van der Waals surface area contributed by atoms with Gasteiger partial charge in [-0.05, 0) is 75.1 Å². The second kappa shape index (κ2) is 7.21. The van der Waals surface area contributed by atoms with Gasteiger partial charge in [-0.3, -0.25) is 4.79 Å². The van der Waals surface area contributed by atoms with E-state index in [2.05, 4.69) is 12.2 Å². The average molecular weight is 391 g/mol. The molecule has 2 fully saturated rings. The van der Waals surface area contributed by atoms with Crippen LogP contribution < -0.4 is 5.32 Å². The van der Waals surface area contributed by atoms with Crippen molar-refractivity contribution in [2.24, 2.45) is 5.92 Å². The summed E-state index contributed by atoms with van der Waals surface area (Å²) in [6.45, 7) is 2.98. The number of aryl methyl sites for hydroxylation is 2. The molecule has 1 saturated heterocycles. The number of fused-ring (bicyclic) bond motifs is 1.